The number of hydrogen-bond acceptors (Lipinski definition) is 4. The molecule has 0 bridgehead atoms. The van der Waals surface area contributed by atoms with Crippen molar-refractivity contribution in [2.45, 2.75) is 6.17 Å². The molecule has 0 amide bonds. The quantitative estimate of drug-likeness (QED) is 0.332. The Kier molecular flexibility index (Phi) is 6.90. The molecule has 0 unspecified atom stereocenters. The van der Waals surface area contributed by atoms with Gasteiger partial charge in [0, 0.05) is 30.8 Å². The van der Waals surface area contributed by atoms with E-state index in [1.54, 1.807) is 0 Å². The van der Waals surface area contributed by atoms with E-state index in [0.29, 0.717) is 0 Å². The highest BCUT2D eigenvalue weighted by atomic mass is 35.5. The van der Waals surface area contributed by atoms with Gasteiger partial charge in [0.25, 0.3) is 0 Å². The molecule has 0 aromatic rings. The minimum Gasteiger partial charge on any atom is -0.340 e. The number of guanidine groups is 1. The van der Waals surface area contributed by atoms with Crippen LogP contribution in [-0.4, -0.2) is 47.8 Å². The molecule has 0 radical (unpaired) electrons. The molecule has 1 aliphatic rings. The normalized spacial score (nSPS) is 17.2. The second-order valence-corrected chi connectivity index (χ2v) is 4.00. The highest BCUT2D eigenvalue weighted by molar-refractivity contribution is 7.99. The molecule has 0 aromatic heterocycles. The number of hydrogen-bond donors (Lipinski definition) is 3. The SMILES string of the molecule is Cl.N=C(N=CC(N)N)N1CCSCC1. The Hall–Kier alpha value is -0.300. The lowest BCUT2D eigenvalue weighted by Crippen LogP contribution is -2.38. The van der Waals surface area contributed by atoms with Crippen LogP contribution in [0.5, 0.6) is 0 Å². The molecule has 5 nitrogen and oxygen atoms in total. The molecule has 0 saturated carbocycles. The van der Waals surface area contributed by atoms with Gasteiger partial charge in [0.15, 0.2) is 0 Å². The molecule has 1 rings (SSSR count). The summed E-state index contributed by atoms with van der Waals surface area (Å²) in [6.07, 6.45) is 0.823. The van der Waals surface area contributed by atoms with Crippen LogP contribution in [0.3, 0.4) is 0 Å². The van der Waals surface area contributed by atoms with Gasteiger partial charge < -0.3 is 16.4 Å². The smallest absolute Gasteiger partial charge is 0.217 e. The van der Waals surface area contributed by atoms with E-state index in [4.69, 9.17) is 16.9 Å². The summed E-state index contributed by atoms with van der Waals surface area (Å²) in [6, 6.07) is 0. The fourth-order valence-electron chi connectivity index (χ4n) is 1.01. The van der Waals surface area contributed by atoms with Crippen molar-refractivity contribution in [2.75, 3.05) is 24.6 Å². The molecule has 0 aromatic carbocycles. The first-order valence-electron chi connectivity index (χ1n) is 4.17. The third kappa shape index (κ3) is 4.80. The van der Waals surface area contributed by atoms with Gasteiger partial charge >= 0.3 is 0 Å². The topological polar surface area (TPSA) is 91.5 Å². The molecule has 0 spiro atoms. The maximum Gasteiger partial charge on any atom is 0.217 e. The monoisotopic (exact) mass is 237 g/mol. The minimum absolute atomic E-state index is 0. The van der Waals surface area contributed by atoms with E-state index >= 15 is 0 Å². The first kappa shape index (κ1) is 13.7. The third-order valence-electron chi connectivity index (χ3n) is 1.68. The zero-order valence-corrected chi connectivity index (χ0v) is 9.48. The molecule has 82 valence electrons. The summed E-state index contributed by atoms with van der Waals surface area (Å²) in [7, 11) is 0. The van der Waals surface area contributed by atoms with Gasteiger partial charge in [0.2, 0.25) is 5.96 Å². The van der Waals surface area contributed by atoms with E-state index < -0.39 is 6.17 Å². The van der Waals surface area contributed by atoms with Crippen molar-refractivity contribution in [1.29, 1.82) is 5.41 Å². The van der Waals surface area contributed by atoms with Crippen LogP contribution in [0.2, 0.25) is 0 Å². The van der Waals surface area contributed by atoms with Gasteiger partial charge in [0.1, 0.15) is 0 Å². The molecule has 14 heavy (non-hydrogen) atoms. The Bertz CT molecular complexity index is 202. The lowest BCUT2D eigenvalue weighted by molar-refractivity contribution is 0.455. The maximum absolute atomic E-state index is 7.58. The second kappa shape index (κ2) is 7.05. The van der Waals surface area contributed by atoms with Crippen molar-refractivity contribution >= 4 is 36.3 Å². The number of thioether (sulfide) groups is 1. The number of halogens is 1. The standard InChI is InChI=1S/C7H15N5S.ClH/c8-6(9)5-11-7(10)12-1-3-13-4-2-12;/h5-6,10H,1-4,8-9H2;1H. The van der Waals surface area contributed by atoms with Crippen LogP contribution in [0.4, 0.5) is 0 Å². The van der Waals surface area contributed by atoms with Crippen molar-refractivity contribution in [1.82, 2.24) is 4.90 Å². The Balaban J connectivity index is 0.00000169. The average Bonchev–Trinajstić information content (AvgIpc) is 2.15. The number of aliphatic imine (C=N–C) groups is 1. The van der Waals surface area contributed by atoms with E-state index in [0.717, 1.165) is 24.6 Å². The molecule has 0 atom stereocenters. The number of nitrogens with one attached hydrogen (secondary N) is 1. The molecule has 0 aliphatic carbocycles. The molecule has 7 heteroatoms. The summed E-state index contributed by atoms with van der Waals surface area (Å²) >= 11 is 1.90. The molecule has 1 heterocycles. The molecular weight excluding hydrogens is 222 g/mol. The van der Waals surface area contributed by atoms with Crippen LogP contribution >= 0.6 is 24.2 Å². The van der Waals surface area contributed by atoms with Gasteiger partial charge in [-0.05, 0) is 0 Å². The van der Waals surface area contributed by atoms with Crippen molar-refractivity contribution in [2.24, 2.45) is 16.5 Å². The molecule has 5 N–H and O–H groups in total. The van der Waals surface area contributed by atoms with E-state index in [-0.39, 0.29) is 18.4 Å². The summed E-state index contributed by atoms with van der Waals surface area (Å²) in [5.41, 5.74) is 10.6. The zero-order chi connectivity index (χ0) is 9.68. The maximum atomic E-state index is 7.58. The second-order valence-electron chi connectivity index (χ2n) is 2.78. The van der Waals surface area contributed by atoms with Crippen LogP contribution in [0.15, 0.2) is 4.99 Å². The van der Waals surface area contributed by atoms with Crippen LogP contribution in [0, 0.1) is 5.41 Å². The van der Waals surface area contributed by atoms with Crippen molar-refractivity contribution in [3.63, 3.8) is 0 Å². The summed E-state index contributed by atoms with van der Waals surface area (Å²) < 4.78 is 0. The summed E-state index contributed by atoms with van der Waals surface area (Å²) in [5.74, 6) is 2.39. The molecule has 1 aliphatic heterocycles. The fourth-order valence-corrected chi connectivity index (χ4v) is 1.92. The summed E-state index contributed by atoms with van der Waals surface area (Å²) in [5, 5.41) is 7.58. The van der Waals surface area contributed by atoms with Gasteiger partial charge in [-0.15, -0.1) is 12.4 Å². The van der Waals surface area contributed by atoms with Gasteiger partial charge in [-0.1, -0.05) is 0 Å². The highest BCUT2D eigenvalue weighted by Crippen LogP contribution is 2.09. The Morgan fingerprint density at radius 3 is 2.50 bits per heavy atom. The number of rotatable bonds is 1. The van der Waals surface area contributed by atoms with Gasteiger partial charge in [-0.3, -0.25) is 5.41 Å². The van der Waals surface area contributed by atoms with Crippen LogP contribution in [0.1, 0.15) is 0 Å². The van der Waals surface area contributed by atoms with Crippen LogP contribution in [0.25, 0.3) is 0 Å². The third-order valence-corrected chi connectivity index (χ3v) is 2.62. The summed E-state index contributed by atoms with van der Waals surface area (Å²) in [4.78, 5) is 5.80. The highest BCUT2D eigenvalue weighted by Gasteiger charge is 2.12. The van der Waals surface area contributed by atoms with E-state index in [2.05, 4.69) is 4.99 Å². The molecular formula is C7H16ClN5S. The van der Waals surface area contributed by atoms with Crippen molar-refractivity contribution in [3.8, 4) is 0 Å². The van der Waals surface area contributed by atoms with Crippen molar-refractivity contribution < 1.29 is 0 Å². The summed E-state index contributed by atoms with van der Waals surface area (Å²) in [6.45, 7) is 1.78. The van der Waals surface area contributed by atoms with E-state index in [1.165, 1.54) is 6.21 Å². The van der Waals surface area contributed by atoms with Gasteiger partial charge in [-0.25, -0.2) is 4.99 Å². The van der Waals surface area contributed by atoms with Crippen LogP contribution < -0.4 is 11.5 Å². The lowest BCUT2D eigenvalue weighted by Gasteiger charge is -2.26. The van der Waals surface area contributed by atoms with Gasteiger partial charge in [-0.2, -0.15) is 11.8 Å². The minimum atomic E-state index is -0.570. The van der Waals surface area contributed by atoms with Gasteiger partial charge in [0.05, 0.1) is 6.17 Å². The number of nitrogens with two attached hydrogens (primary N) is 2. The van der Waals surface area contributed by atoms with E-state index in [9.17, 15) is 0 Å². The molecule has 1 saturated heterocycles. The lowest BCUT2D eigenvalue weighted by atomic mass is 10.5. The van der Waals surface area contributed by atoms with E-state index in [1.807, 2.05) is 16.7 Å². The molecule has 1 fully saturated rings. The largest absolute Gasteiger partial charge is 0.340 e. The number of nitrogens with zero attached hydrogens (tertiary/aromatic N) is 2. The first-order valence-corrected chi connectivity index (χ1v) is 5.32. The fraction of sp³-hybridized carbons (Fsp3) is 0.714. The predicted octanol–water partition coefficient (Wildman–Crippen LogP) is -0.294. The predicted molar refractivity (Wildman–Crippen MR) is 64.5 cm³/mol. The Labute approximate surface area is 94.2 Å². The zero-order valence-electron chi connectivity index (χ0n) is 7.85. The average molecular weight is 238 g/mol. The Morgan fingerprint density at radius 1 is 1.43 bits per heavy atom. The van der Waals surface area contributed by atoms with Crippen molar-refractivity contribution in [3.05, 3.63) is 0 Å². The first-order chi connectivity index (χ1) is 6.20. The van der Waals surface area contributed by atoms with Crippen LogP contribution in [-0.2, 0) is 0 Å². The Morgan fingerprint density at radius 2 is 2.00 bits per heavy atom.